The Hall–Kier alpha value is -1.95. The first-order chi connectivity index (χ1) is 14.0. The average molecular weight is 436 g/mol. The summed E-state index contributed by atoms with van der Waals surface area (Å²) in [7, 11) is 2.15. The zero-order valence-corrected chi connectivity index (χ0v) is 18.2. The van der Waals surface area contributed by atoms with Gasteiger partial charge >= 0.3 is 0 Å². The van der Waals surface area contributed by atoms with Gasteiger partial charge in [-0.25, -0.2) is 0 Å². The molecule has 0 saturated carbocycles. The van der Waals surface area contributed by atoms with E-state index in [9.17, 15) is 4.79 Å². The van der Waals surface area contributed by atoms with Crippen molar-refractivity contribution in [2.24, 2.45) is 0 Å². The van der Waals surface area contributed by atoms with E-state index in [0.29, 0.717) is 41.8 Å². The third-order valence-corrected chi connectivity index (χ3v) is 5.54. The molecule has 1 fully saturated rings. The minimum Gasteiger partial charge on any atom is -0.492 e. The molecule has 1 amide bonds. The number of hydrogen-bond acceptors (Lipinski definition) is 4. The number of hydrogen-bond donors (Lipinski definition) is 1. The molecule has 0 atom stereocenters. The van der Waals surface area contributed by atoms with Crippen molar-refractivity contribution >= 4 is 34.8 Å². The number of para-hydroxylation sites is 1. The van der Waals surface area contributed by atoms with E-state index in [0.717, 1.165) is 31.7 Å². The lowest BCUT2D eigenvalue weighted by Crippen LogP contribution is -2.45. The second-order valence-corrected chi connectivity index (χ2v) is 8.07. The van der Waals surface area contributed by atoms with Crippen molar-refractivity contribution in [2.45, 2.75) is 19.4 Å². The van der Waals surface area contributed by atoms with E-state index < -0.39 is 0 Å². The third-order valence-electron chi connectivity index (χ3n) is 5.01. The van der Waals surface area contributed by atoms with Gasteiger partial charge in [-0.1, -0.05) is 41.4 Å². The van der Waals surface area contributed by atoms with E-state index in [-0.39, 0.29) is 5.91 Å². The highest BCUT2D eigenvalue weighted by Gasteiger charge is 2.16. The molecule has 0 aromatic heterocycles. The van der Waals surface area contributed by atoms with Crippen molar-refractivity contribution in [3.8, 4) is 5.75 Å². The van der Waals surface area contributed by atoms with Gasteiger partial charge in [0.1, 0.15) is 5.75 Å². The molecule has 156 valence electrons. The molecule has 5 nitrogen and oxygen atoms in total. The van der Waals surface area contributed by atoms with Crippen molar-refractivity contribution in [1.82, 2.24) is 10.2 Å². The van der Waals surface area contributed by atoms with Crippen molar-refractivity contribution in [3.05, 3.63) is 58.1 Å². The summed E-state index contributed by atoms with van der Waals surface area (Å²) in [5, 5.41) is 4.07. The molecule has 0 bridgehead atoms. The highest BCUT2D eigenvalue weighted by atomic mass is 35.5. The Morgan fingerprint density at radius 1 is 1.10 bits per heavy atom. The Bertz CT molecular complexity index is 823. The van der Waals surface area contributed by atoms with Gasteiger partial charge in [0.15, 0.2) is 0 Å². The molecule has 7 heteroatoms. The van der Waals surface area contributed by atoms with E-state index in [1.165, 1.54) is 5.69 Å². The molecule has 2 aromatic rings. The molecule has 0 radical (unpaired) electrons. The van der Waals surface area contributed by atoms with Crippen LogP contribution in [-0.2, 0) is 11.3 Å². The van der Waals surface area contributed by atoms with Crippen molar-refractivity contribution in [1.29, 1.82) is 0 Å². The summed E-state index contributed by atoms with van der Waals surface area (Å²) < 4.78 is 5.63. The quantitative estimate of drug-likeness (QED) is 0.630. The molecule has 29 heavy (non-hydrogen) atoms. The largest absolute Gasteiger partial charge is 0.492 e. The maximum atomic E-state index is 12.2. The van der Waals surface area contributed by atoms with Gasteiger partial charge in [-0.15, -0.1) is 0 Å². The smallest absolute Gasteiger partial charge is 0.220 e. The Balaban J connectivity index is 1.42. The fourth-order valence-electron chi connectivity index (χ4n) is 3.31. The van der Waals surface area contributed by atoms with Gasteiger partial charge in [0.25, 0.3) is 0 Å². The first kappa shape index (κ1) is 21.8. The van der Waals surface area contributed by atoms with Gasteiger partial charge in [0.2, 0.25) is 5.91 Å². The lowest BCUT2D eigenvalue weighted by Gasteiger charge is -2.35. The summed E-state index contributed by atoms with van der Waals surface area (Å²) >= 11 is 12.0. The first-order valence-corrected chi connectivity index (χ1v) is 10.6. The summed E-state index contributed by atoms with van der Waals surface area (Å²) in [4.78, 5) is 17.0. The summed E-state index contributed by atoms with van der Waals surface area (Å²) in [6.45, 7) is 5.08. The van der Waals surface area contributed by atoms with Crippen LogP contribution in [-0.4, -0.2) is 50.6 Å². The number of amides is 1. The topological polar surface area (TPSA) is 44.8 Å². The molecule has 2 aromatic carbocycles. The molecular weight excluding hydrogens is 409 g/mol. The SMILES string of the molecule is CN1CCN(c2ccccc2CNC(=O)CCCOc2ccc(Cl)cc2Cl)CC1. The number of nitrogens with zero attached hydrogens (tertiary/aromatic N) is 2. The number of piperazine rings is 1. The van der Waals surface area contributed by atoms with Crippen LogP contribution in [0.3, 0.4) is 0 Å². The third kappa shape index (κ3) is 6.53. The zero-order valence-electron chi connectivity index (χ0n) is 16.7. The van der Waals surface area contributed by atoms with Crippen LogP contribution in [0.4, 0.5) is 5.69 Å². The predicted octanol–water partition coefficient (Wildman–Crippen LogP) is 4.22. The Morgan fingerprint density at radius 3 is 2.62 bits per heavy atom. The van der Waals surface area contributed by atoms with Crippen LogP contribution >= 0.6 is 23.2 Å². The normalized spacial score (nSPS) is 14.7. The Morgan fingerprint density at radius 2 is 1.86 bits per heavy atom. The molecule has 0 aliphatic carbocycles. The average Bonchev–Trinajstić information content (AvgIpc) is 2.72. The Kier molecular flexibility index (Phi) is 8.04. The van der Waals surface area contributed by atoms with Gasteiger partial charge < -0.3 is 19.9 Å². The minimum atomic E-state index is 0.0176. The number of carbonyl (C=O) groups is 1. The van der Waals surface area contributed by atoms with Crippen LogP contribution in [0, 0.1) is 0 Å². The number of halogens is 2. The maximum Gasteiger partial charge on any atom is 0.220 e. The fourth-order valence-corrected chi connectivity index (χ4v) is 3.77. The van der Waals surface area contributed by atoms with Crippen LogP contribution in [0.15, 0.2) is 42.5 Å². The zero-order chi connectivity index (χ0) is 20.6. The van der Waals surface area contributed by atoms with Crippen molar-refractivity contribution in [3.63, 3.8) is 0 Å². The molecule has 3 rings (SSSR count). The molecule has 1 aliphatic rings. The highest BCUT2D eigenvalue weighted by molar-refractivity contribution is 6.35. The van der Waals surface area contributed by atoms with Gasteiger partial charge in [-0.2, -0.15) is 0 Å². The van der Waals surface area contributed by atoms with Crippen molar-refractivity contribution in [2.75, 3.05) is 44.7 Å². The molecule has 1 N–H and O–H groups in total. The highest BCUT2D eigenvalue weighted by Crippen LogP contribution is 2.27. The number of carbonyl (C=O) groups excluding carboxylic acids is 1. The molecule has 0 unspecified atom stereocenters. The van der Waals surface area contributed by atoms with Gasteiger partial charge in [-0.05, 0) is 43.3 Å². The Labute approximate surface area is 182 Å². The lowest BCUT2D eigenvalue weighted by atomic mass is 10.1. The summed E-state index contributed by atoms with van der Waals surface area (Å²) in [6, 6.07) is 13.4. The molecule has 0 spiro atoms. The molecule has 1 saturated heterocycles. The van der Waals surface area contributed by atoms with E-state index in [4.69, 9.17) is 27.9 Å². The van der Waals surface area contributed by atoms with E-state index in [1.807, 2.05) is 6.07 Å². The summed E-state index contributed by atoms with van der Waals surface area (Å²) in [5.41, 5.74) is 2.36. The first-order valence-electron chi connectivity index (χ1n) is 9.89. The number of nitrogens with one attached hydrogen (secondary N) is 1. The van der Waals surface area contributed by atoms with Gasteiger partial charge in [0.05, 0.1) is 11.6 Å². The molecule has 1 aliphatic heterocycles. The van der Waals surface area contributed by atoms with E-state index in [1.54, 1.807) is 18.2 Å². The van der Waals surface area contributed by atoms with Crippen LogP contribution in [0.1, 0.15) is 18.4 Å². The fraction of sp³-hybridized carbons (Fsp3) is 0.409. The number of benzene rings is 2. The van der Waals surface area contributed by atoms with Gasteiger partial charge in [0, 0.05) is 49.9 Å². The van der Waals surface area contributed by atoms with E-state index >= 15 is 0 Å². The van der Waals surface area contributed by atoms with Gasteiger partial charge in [-0.3, -0.25) is 4.79 Å². The van der Waals surface area contributed by atoms with Crippen LogP contribution < -0.4 is 15.0 Å². The van der Waals surface area contributed by atoms with E-state index in [2.05, 4.69) is 40.4 Å². The number of anilines is 1. The standard InChI is InChI=1S/C22H27Cl2N3O2/c1-26-10-12-27(13-11-26)20-6-3-2-5-17(20)16-25-22(28)7-4-14-29-21-9-8-18(23)15-19(21)24/h2-3,5-6,8-9,15H,4,7,10-14,16H2,1H3,(H,25,28). The summed E-state index contributed by atoms with van der Waals surface area (Å²) in [6.07, 6.45) is 1.02. The van der Waals surface area contributed by atoms with Crippen molar-refractivity contribution < 1.29 is 9.53 Å². The van der Waals surface area contributed by atoms with Crippen LogP contribution in [0.25, 0.3) is 0 Å². The monoisotopic (exact) mass is 435 g/mol. The maximum absolute atomic E-state index is 12.2. The lowest BCUT2D eigenvalue weighted by molar-refractivity contribution is -0.121. The predicted molar refractivity (Wildman–Crippen MR) is 119 cm³/mol. The summed E-state index contributed by atoms with van der Waals surface area (Å²) in [5.74, 6) is 0.599. The molecular formula is C22H27Cl2N3O2. The van der Waals surface area contributed by atoms with Crippen LogP contribution in [0.5, 0.6) is 5.75 Å². The minimum absolute atomic E-state index is 0.0176. The second kappa shape index (κ2) is 10.7. The van der Waals surface area contributed by atoms with Crippen LogP contribution in [0.2, 0.25) is 10.0 Å². The second-order valence-electron chi connectivity index (χ2n) is 7.22. The molecule has 1 heterocycles. The number of likely N-dealkylation sites (N-methyl/N-ethyl adjacent to an activating group) is 1. The number of ether oxygens (including phenoxy) is 1. The number of rotatable bonds is 8.